The van der Waals surface area contributed by atoms with Gasteiger partial charge in [0.05, 0.1) is 26.2 Å². The van der Waals surface area contributed by atoms with Crippen LogP contribution < -0.4 is 0 Å². The van der Waals surface area contributed by atoms with Crippen LogP contribution in [0, 0.1) is 17.3 Å². The monoisotopic (exact) mass is 155 g/mol. The van der Waals surface area contributed by atoms with Crippen LogP contribution in [0.25, 0.3) is 0 Å². The lowest BCUT2D eigenvalue weighted by Crippen LogP contribution is -2.16. The maximum atomic E-state index is 2.36. The second kappa shape index (κ2) is 4.04. The Morgan fingerprint density at radius 1 is 1.18 bits per heavy atom. The summed E-state index contributed by atoms with van der Waals surface area (Å²) in [7, 11) is 0. The van der Waals surface area contributed by atoms with Gasteiger partial charge in [-0.05, 0) is 12.3 Å². The fraction of sp³-hybridized carbons (Fsp3) is 0.909. The first kappa shape index (κ1) is 10.9. The predicted molar refractivity (Wildman–Crippen MR) is 52.4 cm³/mol. The first-order valence-electron chi connectivity index (χ1n) is 4.62. The minimum atomic E-state index is 0.507. The molecule has 66 valence electrons. The summed E-state index contributed by atoms with van der Waals surface area (Å²) >= 11 is 0. The van der Waals surface area contributed by atoms with Gasteiger partial charge in [-0.25, -0.2) is 0 Å². The van der Waals surface area contributed by atoms with E-state index in [1.165, 1.54) is 12.8 Å². The Labute approximate surface area is 72.4 Å². The molecule has 0 aliphatic carbocycles. The van der Waals surface area contributed by atoms with Gasteiger partial charge in [-0.1, -0.05) is 27.7 Å². The van der Waals surface area contributed by atoms with Crippen LogP contribution in [0.4, 0.5) is 0 Å². The molecule has 0 fully saturated rings. The highest BCUT2D eigenvalue weighted by Gasteiger charge is 2.25. The van der Waals surface area contributed by atoms with E-state index in [2.05, 4.69) is 41.5 Å². The summed E-state index contributed by atoms with van der Waals surface area (Å²) in [6, 6.07) is 0. The molecule has 0 amide bonds. The molecule has 11 heavy (non-hydrogen) atoms. The molecule has 0 N–H and O–H groups in total. The lowest BCUT2D eigenvalue weighted by molar-refractivity contribution is 0.273. The van der Waals surface area contributed by atoms with Gasteiger partial charge in [0.2, 0.25) is 0 Å². The smallest absolute Gasteiger partial charge is 0.0628 e. The highest BCUT2D eigenvalue weighted by molar-refractivity contribution is 4.85. The Balaban J connectivity index is 3.79. The molecule has 0 heterocycles. The molecule has 0 bridgehead atoms. The molecule has 0 unspecified atom stereocenters. The third-order valence-electron chi connectivity index (χ3n) is 1.79. The highest BCUT2D eigenvalue weighted by atomic mass is 14.3. The van der Waals surface area contributed by atoms with Crippen molar-refractivity contribution in [3.63, 3.8) is 0 Å². The number of hydrogen-bond donors (Lipinski definition) is 0. The molecule has 0 aromatic heterocycles. The van der Waals surface area contributed by atoms with Gasteiger partial charge < -0.3 is 0 Å². The SMILES string of the molecule is C[C+](C)CC(C)(C)CC(C)C. The summed E-state index contributed by atoms with van der Waals surface area (Å²) in [5.41, 5.74) is 0.507. The van der Waals surface area contributed by atoms with Crippen molar-refractivity contribution in [2.75, 3.05) is 0 Å². The Bertz CT molecular complexity index is 86.6. The van der Waals surface area contributed by atoms with Gasteiger partial charge in [-0.15, -0.1) is 0 Å². The molecule has 0 rings (SSSR count). The fourth-order valence-electron chi connectivity index (χ4n) is 2.13. The lowest BCUT2D eigenvalue weighted by atomic mass is 9.78. The second-order valence-corrected chi connectivity index (χ2v) is 5.15. The zero-order valence-corrected chi connectivity index (χ0v) is 8.99. The molecule has 0 aliphatic rings. The average Bonchev–Trinajstić information content (AvgIpc) is 1.53. The van der Waals surface area contributed by atoms with Crippen molar-refractivity contribution in [2.45, 2.75) is 54.4 Å². The molecule has 0 aromatic carbocycles. The minimum absolute atomic E-state index is 0.507. The van der Waals surface area contributed by atoms with Gasteiger partial charge in [0.1, 0.15) is 0 Å². The van der Waals surface area contributed by atoms with E-state index in [1.54, 1.807) is 5.92 Å². The topological polar surface area (TPSA) is 0 Å². The van der Waals surface area contributed by atoms with E-state index in [4.69, 9.17) is 0 Å². The molecule has 0 heteroatoms. The molecular formula is C11H23+. The van der Waals surface area contributed by atoms with Crippen molar-refractivity contribution < 1.29 is 0 Å². The van der Waals surface area contributed by atoms with Gasteiger partial charge in [0.15, 0.2) is 0 Å². The van der Waals surface area contributed by atoms with E-state index >= 15 is 0 Å². The van der Waals surface area contributed by atoms with Crippen LogP contribution in [-0.4, -0.2) is 0 Å². The zero-order valence-electron chi connectivity index (χ0n) is 8.99. The van der Waals surface area contributed by atoms with E-state index < -0.39 is 0 Å². The van der Waals surface area contributed by atoms with Crippen LogP contribution in [-0.2, 0) is 0 Å². The molecular weight excluding hydrogens is 132 g/mol. The Morgan fingerprint density at radius 3 is 1.91 bits per heavy atom. The van der Waals surface area contributed by atoms with Crippen molar-refractivity contribution in [2.24, 2.45) is 11.3 Å². The van der Waals surface area contributed by atoms with E-state index in [9.17, 15) is 0 Å². The van der Waals surface area contributed by atoms with E-state index in [0.717, 1.165) is 5.92 Å². The van der Waals surface area contributed by atoms with Crippen molar-refractivity contribution in [1.29, 1.82) is 0 Å². The first-order valence-corrected chi connectivity index (χ1v) is 4.62. The molecule has 0 spiro atoms. The molecule has 0 aliphatic heterocycles. The molecule has 0 radical (unpaired) electrons. The molecule has 0 atom stereocenters. The van der Waals surface area contributed by atoms with E-state index in [0.29, 0.717) is 5.41 Å². The third-order valence-corrected chi connectivity index (χ3v) is 1.79. The van der Waals surface area contributed by atoms with Gasteiger partial charge in [-0.2, -0.15) is 0 Å². The van der Waals surface area contributed by atoms with Crippen LogP contribution in [0.3, 0.4) is 0 Å². The third kappa shape index (κ3) is 6.28. The zero-order chi connectivity index (χ0) is 9.07. The van der Waals surface area contributed by atoms with Gasteiger partial charge in [0.25, 0.3) is 0 Å². The standard InChI is InChI=1S/C11H23/c1-9(2)7-11(5,6)8-10(3)4/h9H,7-8H2,1-6H3/q+1. The lowest BCUT2D eigenvalue weighted by Gasteiger charge is -2.23. The van der Waals surface area contributed by atoms with E-state index in [1.807, 2.05) is 0 Å². The summed E-state index contributed by atoms with van der Waals surface area (Å²) in [5.74, 6) is 2.38. The summed E-state index contributed by atoms with van der Waals surface area (Å²) in [6.07, 6.45) is 2.60. The van der Waals surface area contributed by atoms with E-state index in [-0.39, 0.29) is 0 Å². The van der Waals surface area contributed by atoms with Gasteiger partial charge in [-0.3, -0.25) is 0 Å². The number of hydrogen-bond acceptors (Lipinski definition) is 0. The first-order chi connectivity index (χ1) is 4.83. The summed E-state index contributed by atoms with van der Waals surface area (Å²) in [6.45, 7) is 13.8. The van der Waals surface area contributed by atoms with Crippen LogP contribution in [0.5, 0.6) is 0 Å². The normalized spacial score (nSPS) is 12.3. The Hall–Kier alpha value is -0.130. The van der Waals surface area contributed by atoms with Crippen molar-refractivity contribution >= 4 is 0 Å². The summed E-state index contributed by atoms with van der Waals surface area (Å²) < 4.78 is 0. The Morgan fingerprint density at radius 2 is 1.64 bits per heavy atom. The largest absolute Gasteiger partial charge is 0.0945 e. The molecule has 0 saturated heterocycles. The van der Waals surface area contributed by atoms with Crippen molar-refractivity contribution in [1.82, 2.24) is 0 Å². The fourth-order valence-corrected chi connectivity index (χ4v) is 2.13. The summed E-state index contributed by atoms with van der Waals surface area (Å²) in [4.78, 5) is 0. The van der Waals surface area contributed by atoms with Crippen LogP contribution in [0.15, 0.2) is 0 Å². The van der Waals surface area contributed by atoms with Crippen molar-refractivity contribution in [3.8, 4) is 0 Å². The van der Waals surface area contributed by atoms with Gasteiger partial charge >= 0.3 is 0 Å². The number of rotatable bonds is 4. The van der Waals surface area contributed by atoms with Crippen molar-refractivity contribution in [3.05, 3.63) is 5.92 Å². The quantitative estimate of drug-likeness (QED) is 0.537. The average molecular weight is 155 g/mol. The van der Waals surface area contributed by atoms with Crippen LogP contribution >= 0.6 is 0 Å². The van der Waals surface area contributed by atoms with Gasteiger partial charge in [0, 0.05) is 5.41 Å². The predicted octanol–water partition coefficient (Wildman–Crippen LogP) is 4.06. The summed E-state index contributed by atoms with van der Waals surface area (Å²) in [5, 5.41) is 0. The highest BCUT2D eigenvalue weighted by Crippen LogP contribution is 2.32. The second-order valence-electron chi connectivity index (χ2n) is 5.15. The minimum Gasteiger partial charge on any atom is -0.0628 e. The van der Waals surface area contributed by atoms with Crippen LogP contribution in [0.2, 0.25) is 0 Å². The Kier molecular flexibility index (Phi) is 3.99. The van der Waals surface area contributed by atoms with Crippen LogP contribution in [0.1, 0.15) is 54.4 Å². The molecule has 0 nitrogen and oxygen atoms in total. The maximum Gasteiger partial charge on any atom is 0.0945 e. The maximum absolute atomic E-state index is 2.36. The molecule has 0 aromatic rings. The molecule has 0 saturated carbocycles.